The quantitative estimate of drug-likeness (QED) is 0.324. The van der Waals surface area contributed by atoms with Gasteiger partial charge in [-0.3, -0.25) is 10.1 Å². The summed E-state index contributed by atoms with van der Waals surface area (Å²) in [6.07, 6.45) is 1.32. The maximum Gasteiger partial charge on any atom is 0.301 e. The Morgan fingerprint density at radius 3 is 2.95 bits per heavy atom. The lowest BCUT2D eigenvalue weighted by Crippen LogP contribution is -2.01. The number of thioether (sulfide) groups is 1. The van der Waals surface area contributed by atoms with Crippen molar-refractivity contribution in [2.45, 2.75) is 11.8 Å². The van der Waals surface area contributed by atoms with Crippen LogP contribution in [0.1, 0.15) is 6.92 Å². The number of benzene rings is 1. The minimum absolute atomic E-state index is 0.0439. The molecule has 4 nitrogen and oxygen atoms in total. The molecule has 0 amide bonds. The first-order valence-corrected chi connectivity index (χ1v) is 8.25. The molecule has 20 heavy (non-hydrogen) atoms. The summed E-state index contributed by atoms with van der Waals surface area (Å²) in [6, 6.07) is 5.58. The van der Waals surface area contributed by atoms with Crippen LogP contribution in [0.15, 0.2) is 33.8 Å². The predicted molar refractivity (Wildman–Crippen MR) is 86.7 cm³/mol. The average Bonchev–Trinajstić information content (AvgIpc) is 2.43. The van der Waals surface area contributed by atoms with Gasteiger partial charge in [-0.05, 0) is 24.1 Å². The molecular formula is C13H12BrClN2O2S. The van der Waals surface area contributed by atoms with Crippen molar-refractivity contribution in [1.82, 2.24) is 4.98 Å². The van der Waals surface area contributed by atoms with Crippen molar-refractivity contribution in [2.75, 3.05) is 11.6 Å². The summed E-state index contributed by atoms with van der Waals surface area (Å²) in [4.78, 5) is 15.6. The molecular weight excluding hydrogens is 364 g/mol. The maximum atomic E-state index is 11.2. The Balaban J connectivity index is 2.52. The second-order valence-electron chi connectivity index (χ2n) is 4.46. The van der Waals surface area contributed by atoms with E-state index in [4.69, 9.17) is 11.6 Å². The number of nitrogens with zero attached hydrogens (tertiary/aromatic N) is 2. The van der Waals surface area contributed by atoms with Crippen molar-refractivity contribution in [2.24, 2.45) is 5.92 Å². The molecule has 0 bridgehead atoms. The molecule has 2 rings (SSSR count). The van der Waals surface area contributed by atoms with Gasteiger partial charge in [0.05, 0.1) is 15.3 Å². The van der Waals surface area contributed by atoms with Crippen molar-refractivity contribution >= 4 is 55.9 Å². The molecule has 0 aliphatic heterocycles. The highest BCUT2D eigenvalue weighted by molar-refractivity contribution is 9.10. The molecule has 0 saturated carbocycles. The summed E-state index contributed by atoms with van der Waals surface area (Å²) < 4.78 is 0.875. The van der Waals surface area contributed by atoms with E-state index in [9.17, 15) is 10.1 Å². The third-order valence-electron chi connectivity index (χ3n) is 2.73. The zero-order valence-corrected chi connectivity index (χ0v) is 13.8. The number of halogens is 2. The van der Waals surface area contributed by atoms with Gasteiger partial charge in [-0.2, -0.15) is 0 Å². The largest absolute Gasteiger partial charge is 0.301 e. The van der Waals surface area contributed by atoms with Crippen LogP contribution in [0.3, 0.4) is 0 Å². The molecule has 0 radical (unpaired) electrons. The van der Waals surface area contributed by atoms with Crippen LogP contribution in [0, 0.1) is 16.0 Å². The zero-order valence-electron chi connectivity index (χ0n) is 10.7. The molecule has 1 atom stereocenters. The Morgan fingerprint density at radius 1 is 1.55 bits per heavy atom. The predicted octanol–water partition coefficient (Wildman–Crippen LogP) is 4.87. The van der Waals surface area contributed by atoms with Crippen molar-refractivity contribution in [3.05, 3.63) is 39.0 Å². The summed E-state index contributed by atoms with van der Waals surface area (Å²) in [6.45, 7) is 2.02. The molecule has 0 fully saturated rings. The topological polar surface area (TPSA) is 56.0 Å². The molecule has 1 heterocycles. The maximum absolute atomic E-state index is 11.2. The van der Waals surface area contributed by atoms with E-state index in [0.717, 1.165) is 21.1 Å². The number of pyridine rings is 1. The summed E-state index contributed by atoms with van der Waals surface area (Å²) in [5.41, 5.74) is 0.794. The number of rotatable bonds is 5. The summed E-state index contributed by atoms with van der Waals surface area (Å²) in [5.74, 6) is 1.56. The fourth-order valence-corrected chi connectivity index (χ4v) is 3.44. The molecule has 0 N–H and O–H groups in total. The van der Waals surface area contributed by atoms with Crippen molar-refractivity contribution in [1.29, 1.82) is 0 Å². The lowest BCUT2D eigenvalue weighted by atomic mass is 10.2. The molecule has 1 unspecified atom stereocenters. The van der Waals surface area contributed by atoms with Crippen molar-refractivity contribution in [3.63, 3.8) is 0 Å². The number of aromatic nitrogens is 1. The highest BCUT2D eigenvalue weighted by atomic mass is 79.9. The molecule has 0 saturated heterocycles. The Kier molecular flexibility index (Phi) is 5.23. The summed E-state index contributed by atoms with van der Waals surface area (Å²) in [7, 11) is 0. The fourth-order valence-electron chi connectivity index (χ4n) is 1.68. The van der Waals surface area contributed by atoms with E-state index in [0.29, 0.717) is 10.8 Å². The zero-order chi connectivity index (χ0) is 14.7. The van der Waals surface area contributed by atoms with Gasteiger partial charge < -0.3 is 0 Å². The Morgan fingerprint density at radius 2 is 2.30 bits per heavy atom. The molecule has 1 aromatic carbocycles. The van der Waals surface area contributed by atoms with E-state index in [2.05, 4.69) is 20.9 Å². The standard InChI is InChI=1S/C13H12BrClN2O2S/c1-8(5-15)7-20-13-10-4-9(14)2-3-11(10)16-6-12(13)17(18)19/h2-4,6,8H,5,7H2,1H3. The van der Waals surface area contributed by atoms with Gasteiger partial charge in [0.1, 0.15) is 6.20 Å². The highest BCUT2D eigenvalue weighted by Crippen LogP contribution is 2.37. The minimum atomic E-state index is -0.388. The van der Waals surface area contributed by atoms with Crippen LogP contribution in [0.5, 0.6) is 0 Å². The van der Waals surface area contributed by atoms with Gasteiger partial charge in [0, 0.05) is 21.5 Å². The van der Waals surface area contributed by atoms with Gasteiger partial charge in [0.2, 0.25) is 0 Å². The average molecular weight is 376 g/mol. The number of nitro groups is 1. The first-order chi connectivity index (χ1) is 9.52. The smallest absolute Gasteiger partial charge is 0.258 e. The van der Waals surface area contributed by atoms with Gasteiger partial charge in [0.25, 0.3) is 0 Å². The Labute approximate surface area is 134 Å². The molecule has 106 valence electrons. The third kappa shape index (κ3) is 3.42. The second-order valence-corrected chi connectivity index (χ2v) is 6.72. The fraction of sp³-hybridized carbons (Fsp3) is 0.308. The summed E-state index contributed by atoms with van der Waals surface area (Å²) >= 11 is 10.7. The van der Waals surface area contributed by atoms with Gasteiger partial charge in [-0.15, -0.1) is 23.4 Å². The van der Waals surface area contributed by atoms with Gasteiger partial charge in [-0.25, -0.2) is 4.98 Å². The van der Waals surface area contributed by atoms with Crippen LogP contribution in [0.25, 0.3) is 10.9 Å². The normalized spacial score (nSPS) is 12.6. The number of alkyl halides is 1. The van der Waals surface area contributed by atoms with Gasteiger partial charge >= 0.3 is 5.69 Å². The van der Waals surface area contributed by atoms with E-state index in [-0.39, 0.29) is 16.5 Å². The van der Waals surface area contributed by atoms with Gasteiger partial charge in [0.15, 0.2) is 0 Å². The Bertz CT molecular complexity index is 654. The Hall–Kier alpha value is -0.850. The summed E-state index contributed by atoms with van der Waals surface area (Å²) in [5, 5.41) is 12.0. The van der Waals surface area contributed by atoms with Crippen molar-refractivity contribution in [3.8, 4) is 0 Å². The SMILES string of the molecule is CC(CCl)CSc1c([N+](=O)[O-])cnc2ccc(Br)cc12. The first-order valence-electron chi connectivity index (χ1n) is 5.94. The number of hydrogen-bond acceptors (Lipinski definition) is 4. The molecule has 0 aliphatic rings. The van der Waals surface area contributed by atoms with Crippen LogP contribution in [0.2, 0.25) is 0 Å². The molecule has 2 aromatic rings. The molecule has 0 spiro atoms. The lowest BCUT2D eigenvalue weighted by Gasteiger charge is -2.10. The first kappa shape index (κ1) is 15.5. The second kappa shape index (κ2) is 6.74. The number of hydrogen-bond donors (Lipinski definition) is 0. The highest BCUT2D eigenvalue weighted by Gasteiger charge is 2.19. The van der Waals surface area contributed by atoms with E-state index < -0.39 is 0 Å². The van der Waals surface area contributed by atoms with Crippen LogP contribution in [0.4, 0.5) is 5.69 Å². The molecule has 0 aliphatic carbocycles. The van der Waals surface area contributed by atoms with Gasteiger partial charge in [-0.1, -0.05) is 22.9 Å². The lowest BCUT2D eigenvalue weighted by molar-refractivity contribution is -0.387. The van der Waals surface area contributed by atoms with E-state index in [1.807, 2.05) is 25.1 Å². The molecule has 1 aromatic heterocycles. The van der Waals surface area contributed by atoms with E-state index in [1.165, 1.54) is 18.0 Å². The molecule has 7 heteroatoms. The monoisotopic (exact) mass is 374 g/mol. The van der Waals surface area contributed by atoms with Crippen LogP contribution >= 0.6 is 39.3 Å². The minimum Gasteiger partial charge on any atom is -0.258 e. The third-order valence-corrected chi connectivity index (χ3v) is 5.21. The van der Waals surface area contributed by atoms with E-state index in [1.54, 1.807) is 0 Å². The number of fused-ring (bicyclic) bond motifs is 1. The van der Waals surface area contributed by atoms with Crippen molar-refractivity contribution < 1.29 is 4.92 Å². The van der Waals surface area contributed by atoms with Crippen LogP contribution in [-0.4, -0.2) is 21.5 Å². The van der Waals surface area contributed by atoms with Crippen LogP contribution in [-0.2, 0) is 0 Å². The van der Waals surface area contributed by atoms with E-state index >= 15 is 0 Å². The van der Waals surface area contributed by atoms with Crippen LogP contribution < -0.4 is 0 Å².